The van der Waals surface area contributed by atoms with Gasteiger partial charge in [0.1, 0.15) is 5.82 Å². The van der Waals surface area contributed by atoms with Crippen molar-refractivity contribution < 1.29 is 9.47 Å². The Kier molecular flexibility index (Phi) is 8.19. The van der Waals surface area contributed by atoms with E-state index in [1.54, 1.807) is 31.5 Å². The smallest absolute Gasteiger partial charge is 0.282 e. The monoisotopic (exact) mass is 533 g/mol. The summed E-state index contributed by atoms with van der Waals surface area (Å²) in [5.41, 5.74) is 1.10. The van der Waals surface area contributed by atoms with Gasteiger partial charge in [0.2, 0.25) is 0 Å². The topological polar surface area (TPSA) is 65.7 Å². The van der Waals surface area contributed by atoms with Crippen LogP contribution in [0.2, 0.25) is 5.02 Å². The van der Waals surface area contributed by atoms with Gasteiger partial charge in [-0.05, 0) is 47.7 Å². The lowest BCUT2D eigenvalue weighted by Gasteiger charge is -2.21. The van der Waals surface area contributed by atoms with E-state index in [0.717, 1.165) is 17.3 Å². The molecular weight excluding hydrogens is 506 g/mol. The van der Waals surface area contributed by atoms with Crippen LogP contribution in [0.1, 0.15) is 51.9 Å². The highest BCUT2D eigenvalue weighted by atomic mass is 79.9. The molecule has 0 bridgehead atoms. The molecule has 0 atom stereocenters. The molecule has 3 aromatic rings. The predicted octanol–water partition coefficient (Wildman–Crippen LogP) is 6.47. The summed E-state index contributed by atoms with van der Waals surface area (Å²) in [6, 6.07) is 9.01. The van der Waals surface area contributed by atoms with E-state index in [2.05, 4.69) is 48.7 Å². The lowest BCUT2D eigenvalue weighted by Crippen LogP contribution is -2.22. The number of rotatable bonds is 8. The Labute approximate surface area is 207 Å². The fourth-order valence-corrected chi connectivity index (χ4v) is 3.81. The highest BCUT2D eigenvalue weighted by molar-refractivity contribution is 9.10. The number of hydrogen-bond donors (Lipinski definition) is 0. The van der Waals surface area contributed by atoms with Crippen molar-refractivity contribution >= 4 is 44.6 Å². The first kappa shape index (κ1) is 25.2. The van der Waals surface area contributed by atoms with Gasteiger partial charge in [-0.15, -0.1) is 0 Å². The maximum atomic E-state index is 13.2. The van der Waals surface area contributed by atoms with Crippen molar-refractivity contribution in [2.75, 3.05) is 13.7 Å². The van der Waals surface area contributed by atoms with Gasteiger partial charge in [-0.2, -0.15) is 9.78 Å². The van der Waals surface area contributed by atoms with Crippen LogP contribution in [0.15, 0.2) is 44.7 Å². The SMILES string of the molecule is CCCCc1nc2ccc(Br)cc2c(=O)n1N=Cc1cc(Cl)c(OCC(C)(C)C)c(OC)c1. The normalized spacial score (nSPS) is 12.0. The van der Waals surface area contributed by atoms with Crippen molar-refractivity contribution in [2.45, 2.75) is 47.0 Å². The third-order valence-electron chi connectivity index (χ3n) is 4.85. The molecule has 0 fully saturated rings. The molecule has 2 aromatic carbocycles. The van der Waals surface area contributed by atoms with Crippen molar-refractivity contribution in [3.63, 3.8) is 0 Å². The molecule has 1 aromatic heterocycles. The van der Waals surface area contributed by atoms with Crippen molar-refractivity contribution in [3.8, 4) is 11.5 Å². The van der Waals surface area contributed by atoms with E-state index in [-0.39, 0.29) is 11.0 Å². The van der Waals surface area contributed by atoms with Gasteiger partial charge < -0.3 is 9.47 Å². The molecule has 0 N–H and O–H groups in total. The van der Waals surface area contributed by atoms with Crippen LogP contribution in [0, 0.1) is 5.41 Å². The van der Waals surface area contributed by atoms with Crippen molar-refractivity contribution in [3.05, 3.63) is 61.6 Å². The molecule has 176 valence electrons. The molecule has 0 aliphatic heterocycles. The number of benzene rings is 2. The van der Waals surface area contributed by atoms with Crippen molar-refractivity contribution in [1.29, 1.82) is 0 Å². The van der Waals surface area contributed by atoms with Gasteiger partial charge in [-0.25, -0.2) is 4.98 Å². The Hall–Kier alpha value is -2.38. The minimum atomic E-state index is -0.216. The third kappa shape index (κ3) is 6.36. The molecule has 0 aliphatic rings. The standard InChI is InChI=1S/C25H29BrClN3O3/c1-6-7-8-22-29-20-10-9-17(26)13-18(20)24(31)30(22)28-14-16-11-19(27)23(21(12-16)32-5)33-15-25(2,3)4/h9-14H,6-8,15H2,1-5H3. The summed E-state index contributed by atoms with van der Waals surface area (Å²) >= 11 is 9.93. The van der Waals surface area contributed by atoms with Gasteiger partial charge in [0, 0.05) is 10.9 Å². The summed E-state index contributed by atoms with van der Waals surface area (Å²) in [5, 5.41) is 5.41. The number of aromatic nitrogens is 2. The Morgan fingerprint density at radius 2 is 2.00 bits per heavy atom. The minimum Gasteiger partial charge on any atom is -0.493 e. The summed E-state index contributed by atoms with van der Waals surface area (Å²) < 4.78 is 13.6. The van der Waals surface area contributed by atoms with E-state index >= 15 is 0 Å². The summed E-state index contributed by atoms with van der Waals surface area (Å²) in [5.74, 6) is 1.62. The summed E-state index contributed by atoms with van der Waals surface area (Å²) in [6.07, 6.45) is 4.13. The summed E-state index contributed by atoms with van der Waals surface area (Å²) in [6.45, 7) is 8.83. The second-order valence-corrected chi connectivity index (χ2v) is 10.4. The Morgan fingerprint density at radius 1 is 1.24 bits per heavy atom. The summed E-state index contributed by atoms with van der Waals surface area (Å²) in [4.78, 5) is 17.9. The number of hydrogen-bond acceptors (Lipinski definition) is 5. The molecule has 0 radical (unpaired) electrons. The van der Waals surface area contributed by atoms with Crippen LogP contribution in [-0.4, -0.2) is 29.6 Å². The number of nitrogens with zero attached hydrogens (tertiary/aromatic N) is 3. The van der Waals surface area contributed by atoms with Crippen LogP contribution >= 0.6 is 27.5 Å². The zero-order valence-electron chi connectivity index (χ0n) is 19.6. The molecule has 0 saturated heterocycles. The molecule has 33 heavy (non-hydrogen) atoms. The van der Waals surface area contributed by atoms with E-state index < -0.39 is 0 Å². The zero-order chi connectivity index (χ0) is 24.2. The molecule has 3 rings (SSSR count). The van der Waals surface area contributed by atoms with E-state index in [0.29, 0.717) is 51.8 Å². The van der Waals surface area contributed by atoms with Crippen LogP contribution in [0.3, 0.4) is 0 Å². The second-order valence-electron chi connectivity index (χ2n) is 9.04. The lowest BCUT2D eigenvalue weighted by molar-refractivity contribution is 0.191. The Bertz CT molecular complexity index is 1230. The van der Waals surface area contributed by atoms with Crippen LogP contribution < -0.4 is 15.0 Å². The first-order chi connectivity index (χ1) is 15.6. The number of aryl methyl sites for hydroxylation is 1. The Morgan fingerprint density at radius 3 is 2.67 bits per heavy atom. The molecule has 0 saturated carbocycles. The molecule has 6 nitrogen and oxygen atoms in total. The van der Waals surface area contributed by atoms with Gasteiger partial charge in [-0.3, -0.25) is 4.79 Å². The second kappa shape index (κ2) is 10.7. The van der Waals surface area contributed by atoms with Gasteiger partial charge in [-0.1, -0.05) is 61.6 Å². The predicted molar refractivity (Wildman–Crippen MR) is 138 cm³/mol. The van der Waals surface area contributed by atoms with Crippen LogP contribution in [-0.2, 0) is 6.42 Å². The fourth-order valence-electron chi connectivity index (χ4n) is 3.18. The van der Waals surface area contributed by atoms with Gasteiger partial charge >= 0.3 is 0 Å². The number of fused-ring (bicyclic) bond motifs is 1. The largest absolute Gasteiger partial charge is 0.493 e. The van der Waals surface area contributed by atoms with E-state index in [1.165, 1.54) is 4.68 Å². The van der Waals surface area contributed by atoms with Crippen LogP contribution in [0.4, 0.5) is 0 Å². The maximum absolute atomic E-state index is 13.2. The molecule has 8 heteroatoms. The summed E-state index contributed by atoms with van der Waals surface area (Å²) in [7, 11) is 1.56. The highest BCUT2D eigenvalue weighted by Gasteiger charge is 2.17. The first-order valence-electron chi connectivity index (χ1n) is 10.9. The minimum absolute atomic E-state index is 0.0252. The van der Waals surface area contributed by atoms with E-state index in [4.69, 9.17) is 26.1 Å². The number of ether oxygens (including phenoxy) is 2. The molecular formula is C25H29BrClN3O3. The lowest BCUT2D eigenvalue weighted by atomic mass is 9.99. The van der Waals surface area contributed by atoms with Gasteiger partial charge in [0.15, 0.2) is 11.5 Å². The van der Waals surface area contributed by atoms with Crippen molar-refractivity contribution in [2.24, 2.45) is 10.5 Å². The number of unbranched alkanes of at least 4 members (excludes halogenated alkanes) is 1. The first-order valence-corrected chi connectivity index (χ1v) is 12.1. The van der Waals surface area contributed by atoms with Crippen LogP contribution in [0.25, 0.3) is 10.9 Å². The maximum Gasteiger partial charge on any atom is 0.282 e. The molecule has 0 aliphatic carbocycles. The van der Waals surface area contributed by atoms with Gasteiger partial charge in [0.25, 0.3) is 5.56 Å². The van der Waals surface area contributed by atoms with Crippen LogP contribution in [0.5, 0.6) is 11.5 Å². The zero-order valence-corrected chi connectivity index (χ0v) is 22.0. The van der Waals surface area contributed by atoms with Gasteiger partial charge in [0.05, 0.1) is 35.9 Å². The fraction of sp³-hybridized carbons (Fsp3) is 0.400. The highest BCUT2D eigenvalue weighted by Crippen LogP contribution is 2.37. The quantitative estimate of drug-likeness (QED) is 0.311. The number of methoxy groups -OCH3 is 1. The Balaban J connectivity index is 2.03. The third-order valence-corrected chi connectivity index (χ3v) is 5.63. The number of halogens is 2. The average molecular weight is 535 g/mol. The van der Waals surface area contributed by atoms with E-state index in [9.17, 15) is 4.79 Å². The van der Waals surface area contributed by atoms with Crippen molar-refractivity contribution in [1.82, 2.24) is 9.66 Å². The molecule has 1 heterocycles. The molecule has 0 spiro atoms. The van der Waals surface area contributed by atoms with E-state index in [1.807, 2.05) is 12.1 Å². The molecule has 0 unspecified atom stereocenters. The average Bonchev–Trinajstić information content (AvgIpc) is 2.75. The molecule has 0 amide bonds.